The van der Waals surface area contributed by atoms with Gasteiger partial charge >= 0.3 is 6.18 Å². The zero-order chi connectivity index (χ0) is 20.4. The SMILES string of the molecule is CCNC(=NCc1cccc(COCC(F)(F)F)c1)NCc1ncc(CC)s1. The summed E-state index contributed by atoms with van der Waals surface area (Å²) < 4.78 is 41.2. The van der Waals surface area contributed by atoms with Crippen LogP contribution >= 0.6 is 11.3 Å². The molecular formula is C19H25F3N4OS. The van der Waals surface area contributed by atoms with Gasteiger partial charge in [0.25, 0.3) is 0 Å². The van der Waals surface area contributed by atoms with Crippen molar-refractivity contribution in [2.24, 2.45) is 4.99 Å². The van der Waals surface area contributed by atoms with Gasteiger partial charge < -0.3 is 15.4 Å². The number of rotatable bonds is 9. The van der Waals surface area contributed by atoms with Gasteiger partial charge in [0.2, 0.25) is 0 Å². The molecule has 28 heavy (non-hydrogen) atoms. The number of aliphatic imine (C=N–C) groups is 1. The van der Waals surface area contributed by atoms with Crippen LogP contribution in [-0.2, 0) is 30.9 Å². The Morgan fingerprint density at radius 1 is 1.21 bits per heavy atom. The summed E-state index contributed by atoms with van der Waals surface area (Å²) in [4.78, 5) is 10.2. The first kappa shape index (κ1) is 22.2. The number of alkyl halides is 3. The summed E-state index contributed by atoms with van der Waals surface area (Å²) in [7, 11) is 0. The van der Waals surface area contributed by atoms with Crippen LogP contribution in [0.25, 0.3) is 0 Å². The van der Waals surface area contributed by atoms with Crippen LogP contribution in [0.1, 0.15) is 34.9 Å². The van der Waals surface area contributed by atoms with Gasteiger partial charge in [-0.3, -0.25) is 0 Å². The molecule has 0 amide bonds. The Labute approximate surface area is 167 Å². The molecule has 0 radical (unpaired) electrons. The van der Waals surface area contributed by atoms with E-state index in [1.165, 1.54) is 4.88 Å². The van der Waals surface area contributed by atoms with Crippen LogP contribution in [0.3, 0.4) is 0 Å². The lowest BCUT2D eigenvalue weighted by atomic mass is 10.1. The predicted octanol–water partition coefficient (Wildman–Crippen LogP) is 4.04. The number of thiazole rings is 1. The third kappa shape index (κ3) is 8.26. The van der Waals surface area contributed by atoms with Crippen molar-refractivity contribution < 1.29 is 17.9 Å². The van der Waals surface area contributed by atoms with Gasteiger partial charge in [-0.1, -0.05) is 31.2 Å². The molecule has 0 aliphatic heterocycles. The molecule has 0 aliphatic carbocycles. The van der Waals surface area contributed by atoms with Crippen LogP contribution in [0.15, 0.2) is 35.5 Å². The highest BCUT2D eigenvalue weighted by molar-refractivity contribution is 7.11. The maximum Gasteiger partial charge on any atom is 0.411 e. The smallest absolute Gasteiger partial charge is 0.367 e. The van der Waals surface area contributed by atoms with Crippen molar-refractivity contribution in [3.05, 3.63) is 51.5 Å². The molecule has 2 aromatic rings. The van der Waals surface area contributed by atoms with Gasteiger partial charge in [0.15, 0.2) is 5.96 Å². The summed E-state index contributed by atoms with van der Waals surface area (Å²) in [5.41, 5.74) is 1.58. The van der Waals surface area contributed by atoms with Gasteiger partial charge in [0.05, 0.1) is 19.7 Å². The number of guanidine groups is 1. The van der Waals surface area contributed by atoms with Crippen molar-refractivity contribution in [2.75, 3.05) is 13.2 Å². The van der Waals surface area contributed by atoms with Gasteiger partial charge in [-0.15, -0.1) is 11.3 Å². The average molecular weight is 414 g/mol. The number of nitrogens with one attached hydrogen (secondary N) is 2. The van der Waals surface area contributed by atoms with Crippen LogP contribution in [0, 0.1) is 0 Å². The summed E-state index contributed by atoms with van der Waals surface area (Å²) in [6.07, 6.45) is -1.46. The number of nitrogens with zero attached hydrogens (tertiary/aromatic N) is 2. The number of aromatic nitrogens is 1. The number of aryl methyl sites for hydroxylation is 1. The molecule has 1 aromatic heterocycles. The van der Waals surface area contributed by atoms with Crippen molar-refractivity contribution in [3.8, 4) is 0 Å². The van der Waals surface area contributed by atoms with Gasteiger partial charge in [0, 0.05) is 17.6 Å². The summed E-state index contributed by atoms with van der Waals surface area (Å²) in [5, 5.41) is 7.41. The van der Waals surface area contributed by atoms with Gasteiger partial charge in [0.1, 0.15) is 11.6 Å². The van der Waals surface area contributed by atoms with E-state index in [0.717, 1.165) is 23.5 Å². The van der Waals surface area contributed by atoms with Crippen molar-refractivity contribution in [3.63, 3.8) is 0 Å². The third-order valence-corrected chi connectivity index (χ3v) is 4.79. The van der Waals surface area contributed by atoms with E-state index in [1.807, 2.05) is 19.2 Å². The van der Waals surface area contributed by atoms with Gasteiger partial charge in [-0.05, 0) is 24.5 Å². The molecule has 0 unspecified atom stereocenters. The Kier molecular flexibility index (Phi) is 8.72. The number of hydrogen-bond donors (Lipinski definition) is 2. The number of ether oxygens (including phenoxy) is 1. The Bertz CT molecular complexity index is 762. The molecule has 2 N–H and O–H groups in total. The van der Waals surface area contributed by atoms with E-state index in [0.29, 0.717) is 24.6 Å². The van der Waals surface area contributed by atoms with Crippen LogP contribution in [-0.4, -0.2) is 30.3 Å². The van der Waals surface area contributed by atoms with E-state index in [9.17, 15) is 13.2 Å². The molecule has 5 nitrogen and oxygen atoms in total. The maximum atomic E-state index is 12.2. The molecule has 0 fully saturated rings. The molecule has 0 spiro atoms. The number of halogens is 3. The zero-order valence-electron chi connectivity index (χ0n) is 16.0. The maximum absolute atomic E-state index is 12.2. The Morgan fingerprint density at radius 3 is 2.68 bits per heavy atom. The fraction of sp³-hybridized carbons (Fsp3) is 0.474. The molecule has 0 saturated carbocycles. The van der Waals surface area contributed by atoms with Gasteiger partial charge in [-0.2, -0.15) is 13.2 Å². The first-order valence-electron chi connectivity index (χ1n) is 9.07. The predicted molar refractivity (Wildman–Crippen MR) is 105 cm³/mol. The van der Waals surface area contributed by atoms with Crippen molar-refractivity contribution in [1.82, 2.24) is 15.6 Å². The number of hydrogen-bond acceptors (Lipinski definition) is 4. The summed E-state index contributed by atoms with van der Waals surface area (Å²) in [6, 6.07) is 7.21. The molecule has 1 heterocycles. The molecule has 0 bridgehead atoms. The lowest BCUT2D eigenvalue weighted by Crippen LogP contribution is -2.36. The highest BCUT2D eigenvalue weighted by atomic mass is 32.1. The highest BCUT2D eigenvalue weighted by Gasteiger charge is 2.27. The van der Waals surface area contributed by atoms with Crippen molar-refractivity contribution in [2.45, 2.75) is 46.1 Å². The van der Waals surface area contributed by atoms with Gasteiger partial charge in [-0.25, -0.2) is 9.98 Å². The Balaban J connectivity index is 1.91. The van der Waals surface area contributed by atoms with Crippen molar-refractivity contribution >= 4 is 17.3 Å². The minimum absolute atomic E-state index is 0.0841. The second-order valence-corrected chi connectivity index (χ2v) is 7.25. The molecular weight excluding hydrogens is 389 g/mol. The highest BCUT2D eigenvalue weighted by Crippen LogP contribution is 2.16. The van der Waals surface area contributed by atoms with E-state index >= 15 is 0 Å². The van der Waals surface area contributed by atoms with E-state index in [-0.39, 0.29) is 6.61 Å². The van der Waals surface area contributed by atoms with E-state index in [1.54, 1.807) is 29.5 Å². The normalized spacial score (nSPS) is 12.2. The lowest BCUT2D eigenvalue weighted by Gasteiger charge is -2.11. The molecule has 0 aliphatic rings. The fourth-order valence-corrected chi connectivity index (χ4v) is 3.17. The van der Waals surface area contributed by atoms with Crippen LogP contribution in [0.4, 0.5) is 13.2 Å². The first-order chi connectivity index (χ1) is 13.4. The number of benzene rings is 1. The Hall–Kier alpha value is -2.13. The average Bonchev–Trinajstić information content (AvgIpc) is 3.11. The third-order valence-electron chi connectivity index (χ3n) is 3.65. The quantitative estimate of drug-likeness (QED) is 0.480. The van der Waals surface area contributed by atoms with E-state index in [4.69, 9.17) is 4.74 Å². The molecule has 0 atom stereocenters. The standard InChI is InChI=1S/C19H25F3N4OS/c1-3-16-10-24-17(28-16)11-26-18(23-4-2)25-9-14-6-5-7-15(8-14)12-27-13-19(20,21)22/h5-8,10H,3-4,9,11-13H2,1-2H3,(H2,23,25,26). The second kappa shape index (κ2) is 11.0. The monoisotopic (exact) mass is 414 g/mol. The molecule has 2 rings (SSSR count). The topological polar surface area (TPSA) is 58.5 Å². The summed E-state index contributed by atoms with van der Waals surface area (Å²) >= 11 is 1.67. The molecule has 1 aromatic carbocycles. The zero-order valence-corrected chi connectivity index (χ0v) is 16.8. The van der Waals surface area contributed by atoms with Crippen LogP contribution < -0.4 is 10.6 Å². The molecule has 9 heteroatoms. The second-order valence-electron chi connectivity index (χ2n) is 6.05. The largest absolute Gasteiger partial charge is 0.411 e. The first-order valence-corrected chi connectivity index (χ1v) is 9.89. The van der Waals surface area contributed by atoms with Crippen LogP contribution in [0.2, 0.25) is 0 Å². The summed E-state index contributed by atoms with van der Waals surface area (Å²) in [5.74, 6) is 0.662. The minimum atomic E-state index is -4.32. The summed E-state index contributed by atoms with van der Waals surface area (Å²) in [6.45, 7) is 4.45. The molecule has 154 valence electrons. The minimum Gasteiger partial charge on any atom is -0.367 e. The fourth-order valence-electron chi connectivity index (χ4n) is 2.37. The molecule has 0 saturated heterocycles. The van der Waals surface area contributed by atoms with E-state index < -0.39 is 12.8 Å². The Morgan fingerprint density at radius 2 is 2.00 bits per heavy atom. The van der Waals surface area contributed by atoms with Crippen molar-refractivity contribution in [1.29, 1.82) is 0 Å². The van der Waals surface area contributed by atoms with Crippen LogP contribution in [0.5, 0.6) is 0 Å². The lowest BCUT2D eigenvalue weighted by molar-refractivity contribution is -0.176. The van der Waals surface area contributed by atoms with E-state index in [2.05, 4.69) is 27.5 Å².